The van der Waals surface area contributed by atoms with Gasteiger partial charge in [-0.15, -0.1) is 0 Å². The van der Waals surface area contributed by atoms with Gasteiger partial charge in [0.1, 0.15) is 5.56 Å². The van der Waals surface area contributed by atoms with Crippen molar-refractivity contribution in [3.05, 3.63) is 57.7 Å². The van der Waals surface area contributed by atoms with E-state index in [1.165, 1.54) is 0 Å². The zero-order chi connectivity index (χ0) is 13.8. The molecule has 0 unspecified atom stereocenters. The van der Waals surface area contributed by atoms with Gasteiger partial charge in [-0.25, -0.2) is 4.79 Å². The summed E-state index contributed by atoms with van der Waals surface area (Å²) in [6.45, 7) is 3.89. The van der Waals surface area contributed by atoms with Crippen molar-refractivity contribution < 1.29 is 9.53 Å². The molecule has 0 spiro atoms. The molecular weight excluding hydrogens is 240 g/mol. The van der Waals surface area contributed by atoms with Crippen LogP contribution in [0.4, 0.5) is 0 Å². The van der Waals surface area contributed by atoms with Crippen molar-refractivity contribution in [1.82, 2.24) is 0 Å². The van der Waals surface area contributed by atoms with E-state index < -0.39 is 5.97 Å². The van der Waals surface area contributed by atoms with E-state index in [0.29, 0.717) is 12.0 Å². The Bertz CT molecular complexity index is 674. The topological polar surface area (TPSA) is 43.4 Å². The van der Waals surface area contributed by atoms with Crippen molar-refractivity contribution in [2.75, 3.05) is 6.61 Å². The molecule has 2 aromatic carbocycles. The summed E-state index contributed by atoms with van der Waals surface area (Å²) in [5, 5.41) is 1.81. The van der Waals surface area contributed by atoms with Crippen LogP contribution in [0.3, 0.4) is 0 Å². The Morgan fingerprint density at radius 3 is 2.32 bits per heavy atom. The van der Waals surface area contributed by atoms with E-state index in [9.17, 15) is 9.59 Å². The first-order valence-corrected chi connectivity index (χ1v) is 6.40. The van der Waals surface area contributed by atoms with Gasteiger partial charge in [0.15, 0.2) is 5.43 Å². The van der Waals surface area contributed by atoms with Crippen molar-refractivity contribution in [3.8, 4) is 0 Å². The first-order valence-electron chi connectivity index (χ1n) is 6.40. The number of rotatable bonds is 3. The van der Waals surface area contributed by atoms with E-state index in [2.05, 4.69) is 0 Å². The van der Waals surface area contributed by atoms with Crippen LogP contribution < -0.4 is 5.43 Å². The Morgan fingerprint density at radius 2 is 1.74 bits per heavy atom. The highest BCUT2D eigenvalue weighted by Crippen LogP contribution is 2.14. The Balaban J connectivity index is 2.79. The van der Waals surface area contributed by atoms with Crippen molar-refractivity contribution in [2.24, 2.45) is 0 Å². The lowest BCUT2D eigenvalue weighted by atomic mass is 10.1. The van der Waals surface area contributed by atoms with Crippen LogP contribution in [0.1, 0.15) is 29.8 Å². The maximum Gasteiger partial charge on any atom is 0.342 e. The van der Waals surface area contributed by atoms with Gasteiger partial charge in [0.05, 0.1) is 6.61 Å². The Morgan fingerprint density at radius 1 is 1.11 bits per heavy atom. The van der Waals surface area contributed by atoms with Gasteiger partial charge < -0.3 is 4.74 Å². The normalized spacial score (nSPS) is 10.4. The van der Waals surface area contributed by atoms with E-state index in [0.717, 1.165) is 10.8 Å². The number of hydrogen-bond acceptors (Lipinski definition) is 3. The van der Waals surface area contributed by atoms with Gasteiger partial charge in [0.25, 0.3) is 0 Å². The van der Waals surface area contributed by atoms with E-state index >= 15 is 0 Å². The summed E-state index contributed by atoms with van der Waals surface area (Å²) in [4.78, 5) is 24.2. The molecule has 2 aromatic rings. The summed E-state index contributed by atoms with van der Waals surface area (Å²) in [6.07, 6.45) is 0.587. The van der Waals surface area contributed by atoms with Gasteiger partial charge in [-0.1, -0.05) is 31.2 Å². The van der Waals surface area contributed by atoms with Gasteiger partial charge in [-0.2, -0.15) is 0 Å². The van der Waals surface area contributed by atoms with Crippen LogP contribution in [0, 0.1) is 0 Å². The number of carbonyl (C=O) groups is 1. The zero-order valence-electron chi connectivity index (χ0n) is 11.1. The van der Waals surface area contributed by atoms with Crippen LogP contribution in [0.15, 0.2) is 41.2 Å². The molecule has 0 saturated heterocycles. The average Bonchev–Trinajstić information content (AvgIpc) is 2.56. The number of fused-ring (bicyclic) bond motifs is 1. The summed E-state index contributed by atoms with van der Waals surface area (Å²) >= 11 is 0. The quantitative estimate of drug-likeness (QED) is 0.793. The van der Waals surface area contributed by atoms with Gasteiger partial charge in [0, 0.05) is 5.56 Å². The minimum Gasteiger partial charge on any atom is -0.462 e. The standard InChI is InChI=1S/C16H16O3/c1-3-11-9-12-7-5-6-8-13(12)10-14(15(11)17)16(18)19-4-2/h5-10H,3-4H2,1-2H3. The average molecular weight is 256 g/mol. The Kier molecular flexibility index (Phi) is 3.95. The molecule has 3 nitrogen and oxygen atoms in total. The molecule has 0 aliphatic carbocycles. The van der Waals surface area contributed by atoms with Crippen LogP contribution in [-0.4, -0.2) is 12.6 Å². The zero-order valence-corrected chi connectivity index (χ0v) is 11.1. The van der Waals surface area contributed by atoms with E-state index in [1.54, 1.807) is 13.0 Å². The molecule has 0 aliphatic heterocycles. The number of esters is 1. The van der Waals surface area contributed by atoms with Crippen LogP contribution in [0.5, 0.6) is 0 Å². The summed E-state index contributed by atoms with van der Waals surface area (Å²) in [7, 11) is 0. The van der Waals surface area contributed by atoms with Crippen LogP contribution >= 0.6 is 0 Å². The lowest BCUT2D eigenvalue weighted by Crippen LogP contribution is -2.18. The highest BCUT2D eigenvalue weighted by Gasteiger charge is 2.13. The number of carbonyl (C=O) groups excluding carboxylic acids is 1. The molecule has 0 bridgehead atoms. The van der Waals surface area contributed by atoms with Gasteiger partial charge in [0.2, 0.25) is 0 Å². The number of ether oxygens (including phenoxy) is 1. The van der Waals surface area contributed by atoms with Gasteiger partial charge >= 0.3 is 5.97 Å². The Labute approximate surface area is 111 Å². The fourth-order valence-electron chi connectivity index (χ4n) is 2.04. The molecule has 0 saturated carbocycles. The summed E-state index contributed by atoms with van der Waals surface area (Å²) in [5.41, 5.74) is 0.501. The molecule has 0 N–H and O–H groups in total. The fourth-order valence-corrected chi connectivity index (χ4v) is 2.04. The first kappa shape index (κ1) is 13.3. The highest BCUT2D eigenvalue weighted by molar-refractivity contribution is 5.94. The summed E-state index contributed by atoms with van der Waals surface area (Å²) in [6, 6.07) is 11.1. The SMILES string of the molecule is CCOC(=O)c1cc2ccccc2cc(CC)c1=O. The maximum atomic E-state index is 12.3. The molecule has 0 radical (unpaired) electrons. The molecule has 0 amide bonds. The molecule has 3 heteroatoms. The Hall–Kier alpha value is -2.16. The maximum absolute atomic E-state index is 12.3. The summed E-state index contributed by atoms with van der Waals surface area (Å²) in [5.74, 6) is -0.552. The number of aryl methyl sites for hydroxylation is 1. The first-order chi connectivity index (χ1) is 9.17. The smallest absolute Gasteiger partial charge is 0.342 e. The molecule has 0 aromatic heterocycles. The third-order valence-electron chi connectivity index (χ3n) is 3.04. The molecule has 98 valence electrons. The molecule has 0 aliphatic rings. The van der Waals surface area contributed by atoms with Gasteiger partial charge in [-0.05, 0) is 36.2 Å². The lowest BCUT2D eigenvalue weighted by molar-refractivity contribution is 0.0525. The highest BCUT2D eigenvalue weighted by atomic mass is 16.5. The monoisotopic (exact) mass is 256 g/mol. The second-order valence-corrected chi connectivity index (χ2v) is 4.26. The number of hydrogen-bond donors (Lipinski definition) is 0. The summed E-state index contributed by atoms with van der Waals surface area (Å²) < 4.78 is 4.96. The second-order valence-electron chi connectivity index (χ2n) is 4.26. The van der Waals surface area contributed by atoms with E-state index in [1.807, 2.05) is 37.3 Å². The third kappa shape index (κ3) is 2.65. The minimum atomic E-state index is -0.552. The van der Waals surface area contributed by atoms with Crippen molar-refractivity contribution >= 4 is 16.7 Å². The fraction of sp³-hybridized carbons (Fsp3) is 0.250. The van der Waals surface area contributed by atoms with Gasteiger partial charge in [-0.3, -0.25) is 4.79 Å². The molecule has 19 heavy (non-hydrogen) atoms. The van der Waals surface area contributed by atoms with Crippen LogP contribution in [0.25, 0.3) is 10.8 Å². The molecule has 0 atom stereocenters. The minimum absolute atomic E-state index is 0.111. The number of benzene rings is 1. The predicted molar refractivity (Wildman–Crippen MR) is 75.6 cm³/mol. The van der Waals surface area contributed by atoms with Crippen LogP contribution in [-0.2, 0) is 11.2 Å². The third-order valence-corrected chi connectivity index (χ3v) is 3.04. The van der Waals surface area contributed by atoms with Crippen LogP contribution in [0.2, 0.25) is 0 Å². The molecular formula is C16H16O3. The second kappa shape index (κ2) is 5.65. The lowest BCUT2D eigenvalue weighted by Gasteiger charge is -1.99. The van der Waals surface area contributed by atoms with E-state index in [-0.39, 0.29) is 17.6 Å². The van der Waals surface area contributed by atoms with Crippen molar-refractivity contribution in [3.63, 3.8) is 0 Å². The molecule has 0 fully saturated rings. The largest absolute Gasteiger partial charge is 0.462 e. The predicted octanol–water partition coefficient (Wildman–Crippen LogP) is 2.94. The molecule has 0 heterocycles. The van der Waals surface area contributed by atoms with Crippen molar-refractivity contribution in [1.29, 1.82) is 0 Å². The van der Waals surface area contributed by atoms with E-state index in [4.69, 9.17) is 4.74 Å². The molecule has 2 rings (SSSR count). The van der Waals surface area contributed by atoms with Crippen molar-refractivity contribution in [2.45, 2.75) is 20.3 Å².